The van der Waals surface area contributed by atoms with Crippen molar-refractivity contribution in [3.05, 3.63) is 49.2 Å². The number of non-ortho nitro benzene ring substituents is 1. The summed E-state index contributed by atoms with van der Waals surface area (Å²) in [5, 5.41) is 10.7. The summed E-state index contributed by atoms with van der Waals surface area (Å²) >= 11 is 0. The van der Waals surface area contributed by atoms with E-state index in [1.165, 1.54) is 18.2 Å². The van der Waals surface area contributed by atoms with Gasteiger partial charge in [-0.25, -0.2) is 4.79 Å². The number of nitrogens with zero attached hydrogens (tertiary/aromatic N) is 1. The van der Waals surface area contributed by atoms with Gasteiger partial charge in [0.2, 0.25) is 0 Å². The van der Waals surface area contributed by atoms with E-state index in [9.17, 15) is 19.7 Å². The molecule has 0 aliphatic rings. The minimum atomic E-state index is -0.762. The molecule has 76 valence electrons. The molecular weight excluding hydrogens is 202 g/mol. The number of nitrogens with one attached hydrogen (secondary N) is 2. The van der Waals surface area contributed by atoms with Crippen molar-refractivity contribution in [2.24, 2.45) is 0 Å². The molecule has 0 spiro atoms. The van der Waals surface area contributed by atoms with Crippen LogP contribution in [-0.4, -0.2) is 14.9 Å². The summed E-state index contributed by atoms with van der Waals surface area (Å²) in [4.78, 5) is 36.4. The van der Waals surface area contributed by atoms with Gasteiger partial charge in [-0.3, -0.25) is 19.9 Å². The van der Waals surface area contributed by atoms with E-state index in [2.05, 4.69) is 4.98 Å². The summed E-state index contributed by atoms with van der Waals surface area (Å²) in [7, 11) is 0. The second-order valence-electron chi connectivity index (χ2n) is 2.87. The van der Waals surface area contributed by atoms with E-state index in [4.69, 9.17) is 0 Å². The number of aromatic amines is 2. The van der Waals surface area contributed by atoms with Crippen LogP contribution in [0.25, 0.3) is 10.9 Å². The van der Waals surface area contributed by atoms with Crippen LogP contribution in [0.15, 0.2) is 27.8 Å². The van der Waals surface area contributed by atoms with E-state index >= 15 is 0 Å². The third-order valence-electron chi connectivity index (χ3n) is 1.95. The number of hydrogen-bond acceptors (Lipinski definition) is 4. The van der Waals surface area contributed by atoms with Crippen LogP contribution in [-0.2, 0) is 0 Å². The minimum Gasteiger partial charge on any atom is -0.301 e. The smallest absolute Gasteiger partial charge is 0.301 e. The van der Waals surface area contributed by atoms with Crippen molar-refractivity contribution in [3.8, 4) is 0 Å². The Kier molecular flexibility index (Phi) is 1.86. The Morgan fingerprint density at radius 2 is 1.93 bits per heavy atom. The van der Waals surface area contributed by atoms with E-state index in [0.29, 0.717) is 0 Å². The molecule has 0 radical (unpaired) electrons. The largest absolute Gasteiger partial charge is 0.326 e. The van der Waals surface area contributed by atoms with Crippen molar-refractivity contribution >= 4 is 16.6 Å². The van der Waals surface area contributed by atoms with Crippen molar-refractivity contribution in [2.45, 2.75) is 0 Å². The highest BCUT2D eigenvalue weighted by Crippen LogP contribution is 2.18. The lowest BCUT2D eigenvalue weighted by atomic mass is 10.2. The quantitative estimate of drug-likeness (QED) is 0.511. The molecule has 1 heterocycles. The van der Waals surface area contributed by atoms with Crippen LogP contribution in [0.2, 0.25) is 0 Å². The molecule has 0 saturated heterocycles. The second kappa shape index (κ2) is 3.05. The van der Waals surface area contributed by atoms with Gasteiger partial charge in [-0.1, -0.05) is 6.07 Å². The number of rotatable bonds is 1. The molecule has 0 atom stereocenters. The van der Waals surface area contributed by atoms with Crippen molar-refractivity contribution in [3.63, 3.8) is 0 Å². The third-order valence-corrected chi connectivity index (χ3v) is 1.95. The average Bonchev–Trinajstić information content (AvgIpc) is 2.16. The third kappa shape index (κ3) is 1.39. The minimum absolute atomic E-state index is 0.0590. The van der Waals surface area contributed by atoms with E-state index in [0.717, 1.165) is 0 Å². The summed E-state index contributed by atoms with van der Waals surface area (Å²) in [6.45, 7) is 0. The van der Waals surface area contributed by atoms with Crippen molar-refractivity contribution in [2.75, 3.05) is 0 Å². The maximum Gasteiger partial charge on any atom is 0.326 e. The first-order valence-corrected chi connectivity index (χ1v) is 3.99. The fourth-order valence-corrected chi connectivity index (χ4v) is 1.33. The monoisotopic (exact) mass is 207 g/mol. The SMILES string of the molecule is O=c1[nH]c(=O)c2cccc([N+](=O)[O-])c2[nH]1. The number of para-hydroxylation sites is 1. The van der Waals surface area contributed by atoms with Crippen LogP contribution in [0.1, 0.15) is 0 Å². The molecule has 0 amide bonds. The zero-order valence-electron chi connectivity index (χ0n) is 7.31. The number of benzene rings is 1. The Morgan fingerprint density at radius 1 is 1.20 bits per heavy atom. The van der Waals surface area contributed by atoms with E-state index in [-0.39, 0.29) is 16.6 Å². The average molecular weight is 207 g/mol. The predicted octanol–water partition coefficient (Wildman–Crippen LogP) is 0.125. The topological polar surface area (TPSA) is 109 Å². The first-order valence-electron chi connectivity index (χ1n) is 3.99. The highest BCUT2D eigenvalue weighted by molar-refractivity contribution is 5.85. The fraction of sp³-hybridized carbons (Fsp3) is 0. The van der Waals surface area contributed by atoms with E-state index in [1.807, 2.05) is 4.98 Å². The van der Waals surface area contributed by atoms with Gasteiger partial charge in [-0.2, -0.15) is 0 Å². The molecule has 2 N–H and O–H groups in total. The maximum atomic E-state index is 11.3. The lowest BCUT2D eigenvalue weighted by Crippen LogP contribution is -2.22. The van der Waals surface area contributed by atoms with Gasteiger partial charge in [0.15, 0.2) is 0 Å². The molecule has 0 aliphatic carbocycles. The molecular formula is C8H5N3O4. The van der Waals surface area contributed by atoms with Crippen LogP contribution < -0.4 is 11.2 Å². The molecule has 1 aromatic carbocycles. The van der Waals surface area contributed by atoms with Crippen LogP contribution >= 0.6 is 0 Å². The van der Waals surface area contributed by atoms with Crippen LogP contribution in [0, 0.1) is 10.1 Å². The summed E-state index contributed by atoms with van der Waals surface area (Å²) in [6.07, 6.45) is 0. The molecule has 2 aromatic rings. The lowest BCUT2D eigenvalue weighted by Gasteiger charge is -1.96. The standard InChI is InChI=1S/C8H5N3O4/c12-7-4-2-1-3-5(11(14)15)6(4)9-8(13)10-7/h1-3H,(H2,9,10,12,13). The molecule has 0 unspecified atom stereocenters. The lowest BCUT2D eigenvalue weighted by molar-refractivity contribution is -0.383. The van der Waals surface area contributed by atoms with Crippen LogP contribution in [0.4, 0.5) is 5.69 Å². The Labute approximate surface area is 81.5 Å². The van der Waals surface area contributed by atoms with Gasteiger partial charge in [0.05, 0.1) is 10.3 Å². The molecule has 0 bridgehead atoms. The van der Waals surface area contributed by atoms with Crippen molar-refractivity contribution in [1.29, 1.82) is 0 Å². The first kappa shape index (κ1) is 9.13. The summed E-state index contributed by atoms with van der Waals surface area (Å²) in [5.41, 5.74) is -1.76. The molecule has 0 saturated carbocycles. The zero-order valence-corrected chi connectivity index (χ0v) is 7.31. The summed E-state index contributed by atoms with van der Waals surface area (Å²) < 4.78 is 0. The molecule has 7 heteroatoms. The Balaban J connectivity index is 3.04. The van der Waals surface area contributed by atoms with Crippen LogP contribution in [0.5, 0.6) is 0 Å². The van der Waals surface area contributed by atoms with E-state index in [1.54, 1.807) is 0 Å². The van der Waals surface area contributed by atoms with Gasteiger partial charge in [0.1, 0.15) is 5.52 Å². The molecule has 15 heavy (non-hydrogen) atoms. The first-order chi connectivity index (χ1) is 7.09. The van der Waals surface area contributed by atoms with Gasteiger partial charge in [0.25, 0.3) is 11.2 Å². The number of H-pyrrole nitrogens is 2. The molecule has 0 aliphatic heterocycles. The second-order valence-corrected chi connectivity index (χ2v) is 2.87. The zero-order chi connectivity index (χ0) is 11.0. The molecule has 0 fully saturated rings. The molecule has 2 rings (SSSR count). The number of hydrogen-bond donors (Lipinski definition) is 2. The Hall–Kier alpha value is -2.44. The van der Waals surface area contributed by atoms with Crippen molar-refractivity contribution < 1.29 is 4.92 Å². The summed E-state index contributed by atoms with van der Waals surface area (Å²) in [5.74, 6) is 0. The fourth-order valence-electron chi connectivity index (χ4n) is 1.33. The highest BCUT2D eigenvalue weighted by atomic mass is 16.6. The molecule has 1 aromatic heterocycles. The number of aromatic nitrogens is 2. The van der Waals surface area contributed by atoms with Gasteiger partial charge in [-0.05, 0) is 6.07 Å². The van der Waals surface area contributed by atoms with Gasteiger partial charge in [0, 0.05) is 6.07 Å². The normalized spacial score (nSPS) is 10.4. The summed E-state index contributed by atoms with van der Waals surface area (Å²) in [6, 6.07) is 4.00. The number of fused-ring (bicyclic) bond motifs is 1. The highest BCUT2D eigenvalue weighted by Gasteiger charge is 2.13. The number of nitro benzene ring substituents is 1. The van der Waals surface area contributed by atoms with Crippen molar-refractivity contribution in [1.82, 2.24) is 9.97 Å². The van der Waals surface area contributed by atoms with Gasteiger partial charge < -0.3 is 4.98 Å². The van der Waals surface area contributed by atoms with Gasteiger partial charge >= 0.3 is 5.69 Å². The number of nitro groups is 1. The molecule has 7 nitrogen and oxygen atoms in total. The van der Waals surface area contributed by atoms with Gasteiger partial charge in [-0.15, -0.1) is 0 Å². The van der Waals surface area contributed by atoms with E-state index < -0.39 is 16.2 Å². The Bertz CT molecular complexity index is 655. The van der Waals surface area contributed by atoms with Crippen LogP contribution in [0.3, 0.4) is 0 Å². The predicted molar refractivity (Wildman–Crippen MR) is 51.8 cm³/mol. The Morgan fingerprint density at radius 3 is 2.60 bits per heavy atom. The maximum absolute atomic E-state index is 11.3.